The summed E-state index contributed by atoms with van der Waals surface area (Å²) < 4.78 is 0. The average molecular weight is 298 g/mol. The molecule has 0 amide bonds. The van der Waals surface area contributed by atoms with Crippen LogP contribution in [0.1, 0.15) is 39.5 Å². The van der Waals surface area contributed by atoms with Crippen LogP contribution in [0.25, 0.3) is 0 Å². The fraction of sp³-hybridized carbons (Fsp3) is 0.562. The van der Waals surface area contributed by atoms with Crippen molar-refractivity contribution in [3.63, 3.8) is 0 Å². The van der Waals surface area contributed by atoms with Crippen molar-refractivity contribution in [3.8, 4) is 0 Å². The van der Waals surface area contributed by atoms with Gasteiger partial charge in [0.2, 0.25) is 0 Å². The first-order chi connectivity index (χ1) is 9.54. The van der Waals surface area contributed by atoms with Crippen molar-refractivity contribution in [2.75, 3.05) is 18.0 Å². The Balaban J connectivity index is 2.67. The molecule has 1 aromatic carbocycles. The summed E-state index contributed by atoms with van der Waals surface area (Å²) in [7, 11) is 0. The first kappa shape index (κ1) is 16.8. The number of benzene rings is 1. The monoisotopic (exact) mass is 297 g/mol. The Hall–Kier alpha value is -1.22. The van der Waals surface area contributed by atoms with Gasteiger partial charge in [-0.25, -0.2) is 0 Å². The summed E-state index contributed by atoms with van der Waals surface area (Å²) in [4.78, 5) is 13.2. The fourth-order valence-electron chi connectivity index (χ4n) is 2.12. The molecule has 1 unspecified atom stereocenters. The third-order valence-electron chi connectivity index (χ3n) is 3.39. The molecule has 1 N–H and O–H groups in total. The Kier molecular flexibility index (Phi) is 7.45. The number of carboxylic acids is 1. The van der Waals surface area contributed by atoms with E-state index in [1.54, 1.807) is 6.92 Å². The zero-order valence-electron chi connectivity index (χ0n) is 12.3. The van der Waals surface area contributed by atoms with Gasteiger partial charge in [0.25, 0.3) is 0 Å². The van der Waals surface area contributed by atoms with Gasteiger partial charge in [-0.3, -0.25) is 4.79 Å². The van der Waals surface area contributed by atoms with Crippen molar-refractivity contribution in [1.29, 1.82) is 0 Å². The first-order valence-corrected chi connectivity index (χ1v) is 7.65. The van der Waals surface area contributed by atoms with E-state index in [0.29, 0.717) is 11.6 Å². The van der Waals surface area contributed by atoms with E-state index in [4.69, 9.17) is 16.7 Å². The summed E-state index contributed by atoms with van der Waals surface area (Å²) in [6.07, 6.45) is 4.69. The molecule has 1 rings (SSSR count). The van der Waals surface area contributed by atoms with E-state index in [1.807, 2.05) is 24.3 Å². The van der Waals surface area contributed by atoms with E-state index in [-0.39, 0.29) is 5.92 Å². The van der Waals surface area contributed by atoms with Gasteiger partial charge in [0.15, 0.2) is 0 Å². The fourth-order valence-corrected chi connectivity index (χ4v) is 2.24. The third-order valence-corrected chi connectivity index (χ3v) is 3.64. The lowest BCUT2D eigenvalue weighted by atomic mass is 10.1. The Morgan fingerprint density at radius 3 is 2.45 bits per heavy atom. The number of carboxylic acid groups (broad SMARTS) is 1. The number of halogens is 1. The van der Waals surface area contributed by atoms with Crippen LogP contribution in [0.15, 0.2) is 24.3 Å². The van der Waals surface area contributed by atoms with Gasteiger partial charge in [-0.05, 0) is 30.7 Å². The molecule has 0 heterocycles. The van der Waals surface area contributed by atoms with Crippen molar-refractivity contribution in [3.05, 3.63) is 29.3 Å². The molecule has 0 aromatic heterocycles. The van der Waals surface area contributed by atoms with Crippen LogP contribution >= 0.6 is 11.6 Å². The molecule has 0 fully saturated rings. The summed E-state index contributed by atoms with van der Waals surface area (Å²) in [6, 6.07) is 7.61. The molecule has 1 atom stereocenters. The summed E-state index contributed by atoms with van der Waals surface area (Å²) in [6.45, 7) is 5.35. The molecule has 0 aliphatic rings. The van der Waals surface area contributed by atoms with E-state index in [1.165, 1.54) is 19.3 Å². The topological polar surface area (TPSA) is 40.5 Å². The lowest BCUT2D eigenvalue weighted by Crippen LogP contribution is -2.32. The largest absolute Gasteiger partial charge is 0.481 e. The SMILES string of the molecule is CCCCCCN(CC(C)C(=O)O)c1ccc(Cl)cc1. The highest BCUT2D eigenvalue weighted by Gasteiger charge is 2.16. The molecule has 0 radical (unpaired) electrons. The van der Waals surface area contributed by atoms with Crippen LogP contribution in [-0.2, 0) is 4.79 Å². The molecule has 0 saturated carbocycles. The lowest BCUT2D eigenvalue weighted by molar-refractivity contribution is -0.140. The first-order valence-electron chi connectivity index (χ1n) is 7.28. The minimum absolute atomic E-state index is 0.378. The molecule has 4 heteroatoms. The van der Waals surface area contributed by atoms with Gasteiger partial charge in [-0.2, -0.15) is 0 Å². The van der Waals surface area contributed by atoms with Crippen molar-refractivity contribution in [2.24, 2.45) is 5.92 Å². The number of hydrogen-bond acceptors (Lipinski definition) is 2. The van der Waals surface area contributed by atoms with Crippen LogP contribution in [0.4, 0.5) is 5.69 Å². The van der Waals surface area contributed by atoms with Crippen molar-refractivity contribution in [2.45, 2.75) is 39.5 Å². The Bertz CT molecular complexity index is 405. The number of carbonyl (C=O) groups is 1. The highest BCUT2D eigenvalue weighted by atomic mass is 35.5. The predicted molar refractivity (Wildman–Crippen MR) is 84.6 cm³/mol. The molecule has 112 valence electrons. The maximum absolute atomic E-state index is 11.0. The molecular weight excluding hydrogens is 274 g/mol. The maximum atomic E-state index is 11.0. The van der Waals surface area contributed by atoms with E-state index in [2.05, 4.69) is 11.8 Å². The van der Waals surface area contributed by atoms with Crippen LogP contribution in [-0.4, -0.2) is 24.2 Å². The molecule has 0 saturated heterocycles. The summed E-state index contributed by atoms with van der Waals surface area (Å²) in [5, 5.41) is 9.78. The van der Waals surface area contributed by atoms with Crippen LogP contribution in [0.5, 0.6) is 0 Å². The zero-order valence-corrected chi connectivity index (χ0v) is 13.1. The van der Waals surface area contributed by atoms with Crippen molar-refractivity contribution < 1.29 is 9.90 Å². The van der Waals surface area contributed by atoms with Gasteiger partial charge in [-0.15, -0.1) is 0 Å². The lowest BCUT2D eigenvalue weighted by Gasteiger charge is -2.26. The molecule has 0 aliphatic carbocycles. The molecule has 0 bridgehead atoms. The maximum Gasteiger partial charge on any atom is 0.308 e. The van der Waals surface area contributed by atoms with Crippen molar-refractivity contribution >= 4 is 23.3 Å². The second-order valence-corrected chi connectivity index (χ2v) is 5.66. The van der Waals surface area contributed by atoms with E-state index >= 15 is 0 Å². The second kappa shape index (κ2) is 8.85. The van der Waals surface area contributed by atoms with Crippen LogP contribution in [0.3, 0.4) is 0 Å². The minimum Gasteiger partial charge on any atom is -0.481 e. The molecule has 0 aliphatic heterocycles. The van der Waals surface area contributed by atoms with Gasteiger partial charge in [-0.1, -0.05) is 44.7 Å². The normalized spacial score (nSPS) is 12.2. The highest BCUT2D eigenvalue weighted by molar-refractivity contribution is 6.30. The number of hydrogen-bond donors (Lipinski definition) is 1. The Morgan fingerprint density at radius 1 is 1.25 bits per heavy atom. The van der Waals surface area contributed by atoms with E-state index in [9.17, 15) is 4.79 Å². The predicted octanol–water partition coefficient (Wildman–Crippen LogP) is 4.45. The number of aliphatic carboxylic acids is 1. The van der Waals surface area contributed by atoms with Gasteiger partial charge >= 0.3 is 5.97 Å². The van der Waals surface area contributed by atoms with Crippen LogP contribution in [0.2, 0.25) is 5.02 Å². The quantitative estimate of drug-likeness (QED) is 0.685. The Morgan fingerprint density at radius 2 is 1.90 bits per heavy atom. The molecule has 3 nitrogen and oxygen atoms in total. The number of rotatable bonds is 9. The molecular formula is C16H24ClNO2. The number of nitrogens with zero attached hydrogens (tertiary/aromatic N) is 1. The summed E-state index contributed by atoms with van der Waals surface area (Å²) in [5.74, 6) is -1.13. The average Bonchev–Trinajstić information content (AvgIpc) is 2.43. The van der Waals surface area contributed by atoms with Crippen molar-refractivity contribution in [1.82, 2.24) is 0 Å². The minimum atomic E-state index is -0.752. The molecule has 20 heavy (non-hydrogen) atoms. The summed E-state index contributed by atoms with van der Waals surface area (Å²) in [5.41, 5.74) is 1.04. The van der Waals surface area contributed by atoms with E-state index < -0.39 is 5.97 Å². The third kappa shape index (κ3) is 5.83. The van der Waals surface area contributed by atoms with Gasteiger partial charge < -0.3 is 10.0 Å². The van der Waals surface area contributed by atoms with Crippen LogP contribution < -0.4 is 4.90 Å². The van der Waals surface area contributed by atoms with E-state index in [0.717, 1.165) is 18.7 Å². The smallest absolute Gasteiger partial charge is 0.308 e. The zero-order chi connectivity index (χ0) is 15.0. The second-order valence-electron chi connectivity index (χ2n) is 5.22. The van der Waals surface area contributed by atoms with Gasteiger partial charge in [0, 0.05) is 23.8 Å². The molecule has 0 spiro atoms. The summed E-state index contributed by atoms with van der Waals surface area (Å²) >= 11 is 5.91. The highest BCUT2D eigenvalue weighted by Crippen LogP contribution is 2.20. The Labute approximate surface area is 126 Å². The number of unbranched alkanes of at least 4 members (excludes halogenated alkanes) is 3. The number of anilines is 1. The van der Waals surface area contributed by atoms with Gasteiger partial charge in [0.1, 0.15) is 0 Å². The molecule has 1 aromatic rings. The van der Waals surface area contributed by atoms with Gasteiger partial charge in [0.05, 0.1) is 5.92 Å². The standard InChI is InChI=1S/C16H24ClNO2/c1-3-4-5-6-11-18(12-13(2)16(19)20)15-9-7-14(17)8-10-15/h7-10,13H,3-6,11-12H2,1-2H3,(H,19,20). The van der Waals surface area contributed by atoms with Crippen LogP contribution in [0, 0.1) is 5.92 Å².